The number of para-hydroxylation sites is 1. The van der Waals surface area contributed by atoms with Gasteiger partial charge in [0.05, 0.1) is 11.4 Å². The highest BCUT2D eigenvalue weighted by Crippen LogP contribution is 2.34. The Bertz CT molecular complexity index is 524. The molecule has 0 spiro atoms. The second-order valence-corrected chi connectivity index (χ2v) is 5.35. The minimum Gasteiger partial charge on any atom is -0.325 e. The molecule has 0 bridgehead atoms. The zero-order valence-corrected chi connectivity index (χ0v) is 11.3. The van der Waals surface area contributed by atoms with Crippen molar-refractivity contribution in [3.8, 4) is 5.69 Å². The summed E-state index contributed by atoms with van der Waals surface area (Å²) in [5, 5.41) is 4.67. The molecule has 2 N–H and O–H groups in total. The van der Waals surface area contributed by atoms with Crippen molar-refractivity contribution in [1.82, 2.24) is 9.78 Å². The number of hydrogen-bond donors (Lipinski definition) is 1. The van der Waals surface area contributed by atoms with Gasteiger partial charge in [0.2, 0.25) is 0 Å². The quantitative estimate of drug-likeness (QED) is 0.913. The molecule has 0 atom stereocenters. The van der Waals surface area contributed by atoms with Crippen molar-refractivity contribution < 1.29 is 0 Å². The molecule has 0 aliphatic heterocycles. The maximum absolute atomic E-state index is 5.76. The molecule has 1 saturated carbocycles. The van der Waals surface area contributed by atoms with E-state index in [0.29, 0.717) is 12.5 Å². The molecule has 1 aliphatic carbocycles. The van der Waals surface area contributed by atoms with Crippen LogP contribution in [-0.4, -0.2) is 9.78 Å². The van der Waals surface area contributed by atoms with Gasteiger partial charge in [0.15, 0.2) is 0 Å². The number of aromatic nitrogens is 2. The van der Waals surface area contributed by atoms with Gasteiger partial charge in [-0.05, 0) is 31.0 Å². The van der Waals surface area contributed by atoms with Crippen molar-refractivity contribution >= 4 is 0 Å². The Morgan fingerprint density at radius 1 is 1.11 bits per heavy atom. The van der Waals surface area contributed by atoms with Crippen LogP contribution in [0.1, 0.15) is 49.4 Å². The second-order valence-electron chi connectivity index (χ2n) is 5.35. The van der Waals surface area contributed by atoms with Crippen molar-refractivity contribution in [3.05, 3.63) is 47.8 Å². The van der Waals surface area contributed by atoms with E-state index in [4.69, 9.17) is 5.73 Å². The zero-order valence-electron chi connectivity index (χ0n) is 11.3. The van der Waals surface area contributed by atoms with E-state index in [-0.39, 0.29) is 0 Å². The van der Waals surface area contributed by atoms with E-state index in [9.17, 15) is 0 Å². The highest BCUT2D eigenvalue weighted by molar-refractivity contribution is 5.34. The monoisotopic (exact) mass is 255 g/mol. The van der Waals surface area contributed by atoms with Crippen molar-refractivity contribution in [1.29, 1.82) is 0 Å². The lowest BCUT2D eigenvalue weighted by molar-refractivity contribution is 0.430. The average Bonchev–Trinajstić information content (AvgIpc) is 2.93. The molecule has 2 aromatic rings. The highest BCUT2D eigenvalue weighted by Gasteiger charge is 2.21. The number of rotatable bonds is 3. The first-order valence-electron chi connectivity index (χ1n) is 7.23. The Hall–Kier alpha value is -1.61. The standard InChI is InChI=1S/C16H21N3/c17-12-14-11-16(13-7-3-1-4-8-13)19(18-14)15-9-5-2-6-10-15/h2,5-6,9-11,13H,1,3-4,7-8,12,17H2. The van der Waals surface area contributed by atoms with E-state index in [0.717, 1.165) is 11.4 Å². The van der Waals surface area contributed by atoms with E-state index in [1.165, 1.54) is 37.8 Å². The van der Waals surface area contributed by atoms with Crippen LogP contribution in [0.3, 0.4) is 0 Å². The van der Waals surface area contributed by atoms with Gasteiger partial charge in [-0.1, -0.05) is 37.5 Å². The summed E-state index contributed by atoms with van der Waals surface area (Å²) in [6.07, 6.45) is 6.61. The molecule has 100 valence electrons. The molecule has 3 rings (SSSR count). The Labute approximate surface area is 114 Å². The molecule has 1 aromatic heterocycles. The molecular formula is C16H21N3. The summed E-state index contributed by atoms with van der Waals surface area (Å²) >= 11 is 0. The predicted octanol–water partition coefficient (Wildman–Crippen LogP) is 3.38. The fourth-order valence-electron chi connectivity index (χ4n) is 3.01. The van der Waals surface area contributed by atoms with E-state index in [1.54, 1.807) is 0 Å². The van der Waals surface area contributed by atoms with E-state index >= 15 is 0 Å². The van der Waals surface area contributed by atoms with Crippen LogP contribution in [0.2, 0.25) is 0 Å². The minimum atomic E-state index is 0.513. The summed E-state index contributed by atoms with van der Waals surface area (Å²) in [5.41, 5.74) is 9.23. The molecule has 0 unspecified atom stereocenters. The van der Waals surface area contributed by atoms with Gasteiger partial charge < -0.3 is 5.73 Å². The number of nitrogens with zero attached hydrogens (tertiary/aromatic N) is 2. The summed E-state index contributed by atoms with van der Waals surface area (Å²) < 4.78 is 2.10. The van der Waals surface area contributed by atoms with Gasteiger partial charge >= 0.3 is 0 Å². The van der Waals surface area contributed by atoms with Crippen LogP contribution in [0.25, 0.3) is 5.69 Å². The Morgan fingerprint density at radius 3 is 2.53 bits per heavy atom. The third-order valence-corrected chi connectivity index (χ3v) is 4.02. The third-order valence-electron chi connectivity index (χ3n) is 4.02. The van der Waals surface area contributed by atoms with Crippen LogP contribution in [-0.2, 0) is 6.54 Å². The van der Waals surface area contributed by atoms with Gasteiger partial charge in [-0.2, -0.15) is 5.10 Å². The molecule has 1 heterocycles. The molecule has 3 heteroatoms. The number of nitrogens with two attached hydrogens (primary N) is 1. The average molecular weight is 255 g/mol. The summed E-state index contributed by atoms with van der Waals surface area (Å²) in [6, 6.07) is 12.6. The van der Waals surface area contributed by atoms with Crippen LogP contribution in [0.15, 0.2) is 36.4 Å². The fourth-order valence-corrected chi connectivity index (χ4v) is 3.01. The smallest absolute Gasteiger partial charge is 0.0767 e. The first kappa shape index (κ1) is 12.4. The van der Waals surface area contributed by atoms with Crippen LogP contribution >= 0.6 is 0 Å². The Morgan fingerprint density at radius 2 is 1.84 bits per heavy atom. The fraction of sp³-hybridized carbons (Fsp3) is 0.438. The summed E-state index contributed by atoms with van der Waals surface area (Å²) in [4.78, 5) is 0. The lowest BCUT2D eigenvalue weighted by Gasteiger charge is -2.22. The number of benzene rings is 1. The first-order valence-corrected chi connectivity index (χ1v) is 7.23. The molecule has 19 heavy (non-hydrogen) atoms. The normalized spacial score (nSPS) is 16.7. The second kappa shape index (κ2) is 5.57. The topological polar surface area (TPSA) is 43.8 Å². The molecule has 0 saturated heterocycles. The third kappa shape index (κ3) is 2.56. The Balaban J connectivity index is 2.00. The number of hydrogen-bond acceptors (Lipinski definition) is 2. The van der Waals surface area contributed by atoms with Gasteiger partial charge in [0, 0.05) is 18.2 Å². The predicted molar refractivity (Wildman–Crippen MR) is 77.3 cm³/mol. The summed E-state index contributed by atoms with van der Waals surface area (Å²) in [7, 11) is 0. The van der Waals surface area contributed by atoms with E-state index in [2.05, 4.69) is 40.1 Å². The van der Waals surface area contributed by atoms with Crippen molar-refractivity contribution in [2.45, 2.75) is 44.6 Å². The molecule has 0 amide bonds. The molecule has 1 fully saturated rings. The van der Waals surface area contributed by atoms with Crippen molar-refractivity contribution in [2.24, 2.45) is 5.73 Å². The molecule has 1 aliphatic rings. The van der Waals surface area contributed by atoms with Crippen LogP contribution in [0.5, 0.6) is 0 Å². The molecule has 3 nitrogen and oxygen atoms in total. The maximum Gasteiger partial charge on any atom is 0.0767 e. The van der Waals surface area contributed by atoms with E-state index < -0.39 is 0 Å². The van der Waals surface area contributed by atoms with Gasteiger partial charge in [0.25, 0.3) is 0 Å². The molecule has 0 radical (unpaired) electrons. The van der Waals surface area contributed by atoms with E-state index in [1.807, 2.05) is 6.07 Å². The molecule has 1 aromatic carbocycles. The van der Waals surface area contributed by atoms with Crippen molar-refractivity contribution in [2.75, 3.05) is 0 Å². The largest absolute Gasteiger partial charge is 0.325 e. The SMILES string of the molecule is NCc1cc(C2CCCCC2)n(-c2ccccc2)n1. The summed E-state index contributed by atoms with van der Waals surface area (Å²) in [6.45, 7) is 0.513. The van der Waals surface area contributed by atoms with Gasteiger partial charge in [0.1, 0.15) is 0 Å². The first-order chi connectivity index (χ1) is 9.38. The maximum atomic E-state index is 5.76. The molecular weight excluding hydrogens is 234 g/mol. The van der Waals surface area contributed by atoms with Gasteiger partial charge in [-0.15, -0.1) is 0 Å². The zero-order chi connectivity index (χ0) is 13.1. The lowest BCUT2D eigenvalue weighted by Crippen LogP contribution is -2.10. The van der Waals surface area contributed by atoms with Crippen molar-refractivity contribution in [3.63, 3.8) is 0 Å². The van der Waals surface area contributed by atoms with Crippen LogP contribution in [0.4, 0.5) is 0 Å². The minimum absolute atomic E-state index is 0.513. The summed E-state index contributed by atoms with van der Waals surface area (Å²) in [5.74, 6) is 0.641. The lowest BCUT2D eigenvalue weighted by atomic mass is 9.86. The van der Waals surface area contributed by atoms with Crippen LogP contribution in [0, 0.1) is 0 Å². The van der Waals surface area contributed by atoms with Crippen LogP contribution < -0.4 is 5.73 Å². The Kier molecular flexibility index (Phi) is 3.65. The van der Waals surface area contributed by atoms with Gasteiger partial charge in [-0.25, -0.2) is 4.68 Å². The van der Waals surface area contributed by atoms with Gasteiger partial charge in [-0.3, -0.25) is 0 Å². The highest BCUT2D eigenvalue weighted by atomic mass is 15.3.